The Balaban J connectivity index is 3.53. The summed E-state index contributed by atoms with van der Waals surface area (Å²) in [5.74, 6) is 0. The Morgan fingerprint density at radius 3 is 2.75 bits per heavy atom. The maximum atomic E-state index is 8.23. The molecule has 0 fully saturated rings. The van der Waals surface area contributed by atoms with Gasteiger partial charge in [0.2, 0.25) is 0 Å². The lowest BCUT2D eigenvalue weighted by Gasteiger charge is -1.81. The molecule has 8 heavy (non-hydrogen) atoms. The molecule has 0 aliphatic carbocycles. The minimum absolute atomic E-state index is 0.0446. The van der Waals surface area contributed by atoms with Crippen molar-refractivity contribution in [2.75, 3.05) is 6.61 Å². The number of hydrogen-bond acceptors (Lipinski definition) is 2. The molecule has 0 rings (SSSR count). The van der Waals surface area contributed by atoms with Crippen molar-refractivity contribution < 1.29 is 5.11 Å². The Bertz CT molecular complexity index is 109. The molecule has 0 radical (unpaired) electrons. The third-order valence-electron chi connectivity index (χ3n) is 0.542. The van der Waals surface area contributed by atoms with E-state index in [-0.39, 0.29) is 6.61 Å². The zero-order chi connectivity index (χ0) is 6.41. The summed E-state index contributed by atoms with van der Waals surface area (Å²) in [5.41, 5.74) is 5.07. The van der Waals surface area contributed by atoms with Crippen LogP contribution >= 0.6 is 15.9 Å². The van der Waals surface area contributed by atoms with Crippen molar-refractivity contribution in [2.45, 2.75) is 0 Å². The Morgan fingerprint density at radius 1 is 1.75 bits per heavy atom. The van der Waals surface area contributed by atoms with Crippen LogP contribution in [-0.4, -0.2) is 11.7 Å². The molecule has 0 saturated heterocycles. The molecule has 3 heteroatoms. The number of halogens is 1. The van der Waals surface area contributed by atoms with Crippen molar-refractivity contribution in [3.63, 3.8) is 0 Å². The van der Waals surface area contributed by atoms with Crippen molar-refractivity contribution in [3.8, 4) is 0 Å². The largest absolute Gasteiger partial charge is 0.404 e. The smallest absolute Gasteiger partial charge is 0.0615 e. The molecular formula is C5H8BrNO. The van der Waals surface area contributed by atoms with Gasteiger partial charge >= 0.3 is 0 Å². The molecule has 2 nitrogen and oxygen atoms in total. The van der Waals surface area contributed by atoms with E-state index < -0.39 is 0 Å². The molecule has 0 amide bonds. The second kappa shape index (κ2) is 4.87. The summed E-state index contributed by atoms with van der Waals surface area (Å²) in [4.78, 5) is 0. The maximum Gasteiger partial charge on any atom is 0.0615 e. The van der Waals surface area contributed by atoms with Crippen LogP contribution in [0.3, 0.4) is 0 Å². The van der Waals surface area contributed by atoms with Gasteiger partial charge in [0.05, 0.1) is 6.61 Å². The summed E-state index contributed by atoms with van der Waals surface area (Å²) < 4.78 is 0.770. The number of rotatable bonds is 2. The van der Waals surface area contributed by atoms with Crippen LogP contribution in [0, 0.1) is 0 Å². The highest BCUT2D eigenvalue weighted by Crippen LogP contribution is 2.02. The molecule has 0 spiro atoms. The van der Waals surface area contributed by atoms with E-state index in [1.807, 2.05) is 0 Å². The van der Waals surface area contributed by atoms with Gasteiger partial charge in [0.15, 0.2) is 0 Å². The molecule has 0 aliphatic rings. The number of aliphatic hydroxyl groups is 1. The van der Waals surface area contributed by atoms with Crippen molar-refractivity contribution in [1.29, 1.82) is 0 Å². The number of nitrogens with two attached hydrogens (primary N) is 1. The van der Waals surface area contributed by atoms with E-state index >= 15 is 0 Å². The Morgan fingerprint density at radius 2 is 2.38 bits per heavy atom. The predicted molar refractivity (Wildman–Crippen MR) is 37.4 cm³/mol. The lowest BCUT2D eigenvalue weighted by Crippen LogP contribution is -1.78. The van der Waals surface area contributed by atoms with E-state index in [4.69, 9.17) is 10.8 Å². The minimum Gasteiger partial charge on any atom is -0.404 e. The summed E-state index contributed by atoms with van der Waals surface area (Å²) in [6.07, 6.45) is 4.68. The van der Waals surface area contributed by atoms with Crippen LogP contribution in [0.4, 0.5) is 0 Å². The predicted octanol–water partition coefficient (Wildman–Crippen LogP) is 0.730. The van der Waals surface area contributed by atoms with E-state index in [0.717, 1.165) is 4.48 Å². The molecule has 0 atom stereocenters. The highest BCUT2D eigenvalue weighted by molar-refractivity contribution is 9.11. The van der Waals surface area contributed by atoms with Gasteiger partial charge in [-0.05, 0) is 22.0 Å². The van der Waals surface area contributed by atoms with Crippen molar-refractivity contribution in [2.24, 2.45) is 5.73 Å². The van der Waals surface area contributed by atoms with Crippen LogP contribution in [0.15, 0.2) is 22.8 Å². The number of aliphatic hydroxyl groups excluding tert-OH is 1. The quantitative estimate of drug-likeness (QED) is 0.612. The minimum atomic E-state index is 0.0446. The summed E-state index contributed by atoms with van der Waals surface area (Å²) in [5, 5.41) is 8.23. The van der Waals surface area contributed by atoms with Gasteiger partial charge in [0.25, 0.3) is 0 Å². The third-order valence-corrected chi connectivity index (χ3v) is 1.07. The van der Waals surface area contributed by atoms with Gasteiger partial charge in [0, 0.05) is 10.7 Å². The highest BCUT2D eigenvalue weighted by Gasteiger charge is 1.75. The first-order valence-corrected chi connectivity index (χ1v) is 2.95. The number of hydrogen-bond donors (Lipinski definition) is 2. The molecule has 0 bridgehead atoms. The van der Waals surface area contributed by atoms with Gasteiger partial charge in [-0.2, -0.15) is 0 Å². The molecule has 0 aliphatic heterocycles. The van der Waals surface area contributed by atoms with E-state index in [1.54, 1.807) is 12.2 Å². The summed E-state index contributed by atoms with van der Waals surface area (Å²) >= 11 is 3.12. The van der Waals surface area contributed by atoms with Crippen LogP contribution in [0.1, 0.15) is 0 Å². The SMILES string of the molecule is N/C=C(Br)\C=C/CO. The van der Waals surface area contributed by atoms with Crippen LogP contribution in [0.25, 0.3) is 0 Å². The second-order valence-corrected chi connectivity index (χ2v) is 2.05. The third kappa shape index (κ3) is 3.89. The second-order valence-electron chi connectivity index (χ2n) is 1.14. The van der Waals surface area contributed by atoms with Crippen LogP contribution < -0.4 is 5.73 Å². The normalized spacial score (nSPS) is 13.0. The molecule has 0 aromatic carbocycles. The zero-order valence-corrected chi connectivity index (χ0v) is 5.93. The van der Waals surface area contributed by atoms with Crippen LogP contribution in [0.5, 0.6) is 0 Å². The van der Waals surface area contributed by atoms with Gasteiger partial charge in [-0.1, -0.05) is 6.08 Å². The monoisotopic (exact) mass is 177 g/mol. The van der Waals surface area contributed by atoms with E-state index in [9.17, 15) is 0 Å². The molecule has 0 heterocycles. The molecule has 0 aromatic rings. The van der Waals surface area contributed by atoms with Gasteiger partial charge in [0.1, 0.15) is 0 Å². The Kier molecular flexibility index (Phi) is 4.70. The molecule has 0 saturated carbocycles. The molecule has 0 unspecified atom stereocenters. The first kappa shape index (κ1) is 7.72. The van der Waals surface area contributed by atoms with Gasteiger partial charge < -0.3 is 10.8 Å². The summed E-state index contributed by atoms with van der Waals surface area (Å²) in [6, 6.07) is 0. The average Bonchev–Trinajstić information content (AvgIpc) is 1.83. The lowest BCUT2D eigenvalue weighted by molar-refractivity contribution is 0.342. The molecular weight excluding hydrogens is 170 g/mol. The fourth-order valence-corrected chi connectivity index (χ4v) is 0.408. The van der Waals surface area contributed by atoms with E-state index in [0.29, 0.717) is 0 Å². The summed E-state index contributed by atoms with van der Waals surface area (Å²) in [6.45, 7) is 0.0446. The number of allylic oxidation sites excluding steroid dienone is 2. The van der Waals surface area contributed by atoms with E-state index in [1.165, 1.54) is 6.20 Å². The molecule has 0 aromatic heterocycles. The highest BCUT2D eigenvalue weighted by atomic mass is 79.9. The van der Waals surface area contributed by atoms with Crippen molar-refractivity contribution in [1.82, 2.24) is 0 Å². The van der Waals surface area contributed by atoms with Gasteiger partial charge in [-0.15, -0.1) is 0 Å². The first-order valence-electron chi connectivity index (χ1n) is 2.16. The lowest BCUT2D eigenvalue weighted by atomic mass is 10.5. The van der Waals surface area contributed by atoms with Gasteiger partial charge in [-0.25, -0.2) is 0 Å². The van der Waals surface area contributed by atoms with Crippen molar-refractivity contribution >= 4 is 15.9 Å². The first-order chi connectivity index (χ1) is 3.81. The standard InChI is InChI=1S/C5H8BrNO/c6-5(4-7)2-1-3-8/h1-2,4,8H,3,7H2/b2-1-,5-4+. The fourth-order valence-electron chi connectivity index (χ4n) is 0.221. The van der Waals surface area contributed by atoms with Gasteiger partial charge in [-0.3, -0.25) is 0 Å². The Hall–Kier alpha value is -0.280. The maximum absolute atomic E-state index is 8.23. The topological polar surface area (TPSA) is 46.2 Å². The van der Waals surface area contributed by atoms with Crippen LogP contribution in [-0.2, 0) is 0 Å². The van der Waals surface area contributed by atoms with Crippen LogP contribution in [0.2, 0.25) is 0 Å². The zero-order valence-electron chi connectivity index (χ0n) is 4.34. The average molecular weight is 178 g/mol. The Labute approximate surface area is 56.8 Å². The molecule has 3 N–H and O–H groups in total. The fraction of sp³-hybridized carbons (Fsp3) is 0.200. The van der Waals surface area contributed by atoms with E-state index in [2.05, 4.69) is 15.9 Å². The van der Waals surface area contributed by atoms with Crippen molar-refractivity contribution in [3.05, 3.63) is 22.8 Å². The summed E-state index contributed by atoms with van der Waals surface area (Å²) in [7, 11) is 0. The molecule has 46 valence electrons.